The molecule has 0 aliphatic carbocycles. The van der Waals surface area contributed by atoms with E-state index in [1.54, 1.807) is 0 Å². The van der Waals surface area contributed by atoms with Crippen LogP contribution in [0.25, 0.3) is 11.1 Å². The molecule has 0 aromatic heterocycles. The van der Waals surface area contributed by atoms with Gasteiger partial charge in [-0.25, -0.2) is 17.6 Å². The van der Waals surface area contributed by atoms with Gasteiger partial charge in [0.2, 0.25) is 5.91 Å². The van der Waals surface area contributed by atoms with Crippen LogP contribution < -0.4 is 0 Å². The number of piperidine rings is 1. The molecule has 0 spiro atoms. The van der Waals surface area contributed by atoms with E-state index in [0.717, 1.165) is 90.8 Å². The maximum absolute atomic E-state index is 15.1. The third-order valence-corrected chi connectivity index (χ3v) is 9.06. The molecule has 3 aliphatic heterocycles. The van der Waals surface area contributed by atoms with E-state index >= 15 is 8.78 Å². The second kappa shape index (κ2) is 13.3. The average Bonchev–Trinajstić information content (AvgIpc) is 2.98. The van der Waals surface area contributed by atoms with Gasteiger partial charge in [-0.3, -0.25) is 14.5 Å². The van der Waals surface area contributed by atoms with Crippen LogP contribution in [0.2, 0.25) is 0 Å². The molecule has 5 rings (SSSR count). The Morgan fingerprint density at radius 2 is 1.40 bits per heavy atom. The highest BCUT2D eigenvalue weighted by Crippen LogP contribution is 2.32. The number of amides is 2. The van der Waals surface area contributed by atoms with Crippen LogP contribution in [-0.2, 0) is 10.7 Å². The van der Waals surface area contributed by atoms with Crippen LogP contribution in [0, 0.1) is 17.6 Å². The van der Waals surface area contributed by atoms with E-state index in [1.807, 2.05) is 4.90 Å². The van der Waals surface area contributed by atoms with Crippen molar-refractivity contribution in [1.29, 1.82) is 0 Å². The smallest absolute Gasteiger partial charge is 0.270 e. The molecular weight excluding hydrogens is 562 g/mol. The van der Waals surface area contributed by atoms with Gasteiger partial charge in [0.25, 0.3) is 11.8 Å². The fourth-order valence-electron chi connectivity index (χ4n) is 6.23. The normalized spacial score (nSPS) is 20.0. The van der Waals surface area contributed by atoms with Crippen LogP contribution in [0.1, 0.15) is 35.7 Å². The summed E-state index contributed by atoms with van der Waals surface area (Å²) in [6.45, 7) is 9.83. The van der Waals surface area contributed by atoms with Gasteiger partial charge in [0.1, 0.15) is 17.2 Å². The maximum atomic E-state index is 15.1. The van der Waals surface area contributed by atoms with Crippen LogP contribution in [0.4, 0.5) is 17.6 Å². The molecule has 3 aliphatic rings. The topological polar surface area (TPSA) is 50.3 Å². The van der Waals surface area contributed by atoms with E-state index < -0.39 is 29.0 Å². The first-order valence-electron chi connectivity index (χ1n) is 15.2. The largest absolute Gasteiger partial charge is 0.339 e. The van der Waals surface area contributed by atoms with Crippen LogP contribution in [0.15, 0.2) is 36.4 Å². The lowest BCUT2D eigenvalue weighted by Crippen LogP contribution is -2.53. The van der Waals surface area contributed by atoms with Gasteiger partial charge in [-0.05, 0) is 55.1 Å². The minimum atomic E-state index is -3.09. The van der Waals surface area contributed by atoms with Gasteiger partial charge in [0.15, 0.2) is 0 Å². The van der Waals surface area contributed by atoms with Gasteiger partial charge in [-0.2, -0.15) is 0 Å². The lowest BCUT2D eigenvalue weighted by molar-refractivity contribution is -0.134. The summed E-state index contributed by atoms with van der Waals surface area (Å²) in [7, 11) is 2.07. The number of benzene rings is 2. The lowest BCUT2D eigenvalue weighted by Gasteiger charge is -2.39. The van der Waals surface area contributed by atoms with Crippen LogP contribution in [0.3, 0.4) is 0 Å². The minimum Gasteiger partial charge on any atom is -0.339 e. The summed E-state index contributed by atoms with van der Waals surface area (Å²) in [6, 6.07) is 7.45. The molecule has 0 unspecified atom stereocenters. The molecule has 0 radical (unpaired) electrons. The van der Waals surface area contributed by atoms with Crippen molar-refractivity contribution in [2.75, 3.05) is 85.6 Å². The number of carbonyl (C=O) groups excluding carboxylic acids is 2. The Kier molecular flexibility index (Phi) is 9.73. The number of rotatable bonds is 7. The first-order valence-corrected chi connectivity index (χ1v) is 15.2. The second-order valence-corrected chi connectivity index (χ2v) is 12.3. The highest BCUT2D eigenvalue weighted by atomic mass is 19.3. The zero-order chi connectivity index (χ0) is 30.7. The molecule has 7 nitrogen and oxygen atoms in total. The van der Waals surface area contributed by atoms with E-state index in [1.165, 1.54) is 29.2 Å². The minimum absolute atomic E-state index is 0.0974. The predicted molar refractivity (Wildman–Crippen MR) is 157 cm³/mol. The summed E-state index contributed by atoms with van der Waals surface area (Å²) in [5, 5.41) is 0. The lowest BCUT2D eigenvalue weighted by atomic mass is 9.94. The molecule has 3 fully saturated rings. The molecule has 0 saturated carbocycles. The number of likely N-dealkylation sites (N-methyl/N-ethyl adjacent to an activating group) is 1. The quantitative estimate of drug-likeness (QED) is 0.449. The third kappa shape index (κ3) is 7.74. The van der Waals surface area contributed by atoms with E-state index in [-0.39, 0.29) is 22.6 Å². The highest BCUT2D eigenvalue weighted by Gasteiger charge is 2.31. The summed E-state index contributed by atoms with van der Waals surface area (Å²) >= 11 is 0. The molecular formula is C32H41F4N5O2. The molecule has 0 atom stereocenters. The molecule has 43 heavy (non-hydrogen) atoms. The van der Waals surface area contributed by atoms with Crippen LogP contribution in [-0.4, -0.2) is 122 Å². The Morgan fingerprint density at radius 3 is 2.00 bits per heavy atom. The number of halogens is 4. The van der Waals surface area contributed by atoms with Crippen molar-refractivity contribution in [3.63, 3.8) is 0 Å². The van der Waals surface area contributed by atoms with Gasteiger partial charge < -0.3 is 19.6 Å². The zero-order valence-corrected chi connectivity index (χ0v) is 25.0. The van der Waals surface area contributed by atoms with Gasteiger partial charge in [-0.1, -0.05) is 18.2 Å². The average molecular weight is 604 g/mol. The van der Waals surface area contributed by atoms with Crippen molar-refractivity contribution >= 4 is 11.8 Å². The Balaban J connectivity index is 1.09. The van der Waals surface area contributed by atoms with Crippen LogP contribution >= 0.6 is 0 Å². The van der Waals surface area contributed by atoms with Gasteiger partial charge in [-0.15, -0.1) is 0 Å². The number of likely N-dealkylation sites (tertiary alicyclic amines) is 1. The summed E-state index contributed by atoms with van der Waals surface area (Å²) in [6.07, 6.45) is 1.49. The van der Waals surface area contributed by atoms with Crippen molar-refractivity contribution in [1.82, 2.24) is 24.5 Å². The summed E-state index contributed by atoms with van der Waals surface area (Å²) < 4.78 is 57.7. The predicted octanol–water partition coefficient (Wildman–Crippen LogP) is 3.99. The fourth-order valence-corrected chi connectivity index (χ4v) is 6.23. The summed E-state index contributed by atoms with van der Waals surface area (Å²) in [5.41, 5.74) is -0.521. The molecule has 0 N–H and O–H groups in total. The molecule has 2 aromatic carbocycles. The van der Waals surface area contributed by atoms with Gasteiger partial charge in [0, 0.05) is 84.5 Å². The van der Waals surface area contributed by atoms with E-state index in [2.05, 4.69) is 21.7 Å². The molecule has 2 amide bonds. The van der Waals surface area contributed by atoms with Crippen molar-refractivity contribution in [2.45, 2.75) is 25.7 Å². The zero-order valence-electron chi connectivity index (χ0n) is 25.0. The number of alkyl halides is 2. The Hall–Kier alpha value is -3.02. The Labute approximate surface area is 251 Å². The third-order valence-electron chi connectivity index (χ3n) is 9.06. The standard InChI is InChI=1S/C32H41F4N5O2/c1-32(35,36)26-5-3-4-24(18-26)25-19-27(33)30(28(34)20-25)31(43)41-8-6-23(7-9-41)21-38-12-14-39(15-13-38)22-29(42)40-16-10-37(2)11-17-40/h3-5,18-20,23H,6-17,21-22H2,1-2H3. The monoisotopic (exact) mass is 603 g/mol. The SMILES string of the molecule is CN1CCN(C(=O)CN2CCN(CC3CCN(C(=O)c4c(F)cc(-c5cccc(C(C)(F)F)c5)cc4F)CC3)CC2)CC1. The first kappa shape index (κ1) is 31.4. The van der Waals surface area contributed by atoms with Crippen molar-refractivity contribution in [3.05, 3.63) is 59.2 Å². The number of nitrogens with zero attached hydrogens (tertiary/aromatic N) is 5. The van der Waals surface area contributed by atoms with Crippen LogP contribution in [0.5, 0.6) is 0 Å². The van der Waals surface area contributed by atoms with Crippen molar-refractivity contribution in [3.8, 4) is 11.1 Å². The number of hydrogen-bond acceptors (Lipinski definition) is 5. The molecule has 0 bridgehead atoms. The number of piperazine rings is 2. The summed E-state index contributed by atoms with van der Waals surface area (Å²) in [4.78, 5) is 36.1. The Morgan fingerprint density at radius 1 is 0.791 bits per heavy atom. The summed E-state index contributed by atoms with van der Waals surface area (Å²) in [5.74, 6) is -5.19. The second-order valence-electron chi connectivity index (χ2n) is 12.3. The molecule has 2 aromatic rings. The van der Waals surface area contributed by atoms with Crippen molar-refractivity contribution < 1.29 is 27.2 Å². The molecule has 3 saturated heterocycles. The number of carbonyl (C=O) groups is 2. The molecule has 3 heterocycles. The van der Waals surface area contributed by atoms with E-state index in [9.17, 15) is 18.4 Å². The Bertz CT molecular complexity index is 1270. The van der Waals surface area contributed by atoms with Gasteiger partial charge >= 0.3 is 0 Å². The molecule has 234 valence electrons. The van der Waals surface area contributed by atoms with Crippen molar-refractivity contribution in [2.24, 2.45) is 5.92 Å². The highest BCUT2D eigenvalue weighted by molar-refractivity contribution is 5.95. The maximum Gasteiger partial charge on any atom is 0.270 e. The first-order chi connectivity index (χ1) is 20.5. The number of hydrogen-bond donors (Lipinski definition) is 0. The van der Waals surface area contributed by atoms with E-state index in [4.69, 9.17) is 0 Å². The fraction of sp³-hybridized carbons (Fsp3) is 0.562. The van der Waals surface area contributed by atoms with E-state index in [0.29, 0.717) is 25.6 Å². The molecule has 11 heteroatoms. The van der Waals surface area contributed by atoms with Gasteiger partial charge in [0.05, 0.1) is 6.54 Å².